The summed E-state index contributed by atoms with van der Waals surface area (Å²) in [5, 5.41) is 4.22. The number of carbonyl (C=O) groups is 1. The summed E-state index contributed by atoms with van der Waals surface area (Å²) in [6, 6.07) is 13.9. The molecule has 0 saturated carbocycles. The molecule has 0 saturated heterocycles. The maximum Gasteiger partial charge on any atom is 0.268 e. The first kappa shape index (κ1) is 17.5. The first-order valence-electron chi connectivity index (χ1n) is 9.22. The molecule has 0 bridgehead atoms. The first-order valence-corrected chi connectivity index (χ1v) is 9.22. The molecule has 5 heteroatoms. The van der Waals surface area contributed by atoms with Gasteiger partial charge in [0.2, 0.25) is 0 Å². The van der Waals surface area contributed by atoms with Crippen LogP contribution in [-0.2, 0) is 13.5 Å². The van der Waals surface area contributed by atoms with E-state index in [1.54, 1.807) is 14.2 Å². The molecule has 1 aliphatic carbocycles. The summed E-state index contributed by atoms with van der Waals surface area (Å²) >= 11 is 0. The maximum atomic E-state index is 13.0. The summed E-state index contributed by atoms with van der Waals surface area (Å²) < 4.78 is 12.6. The van der Waals surface area contributed by atoms with E-state index in [9.17, 15) is 4.79 Å². The van der Waals surface area contributed by atoms with Crippen molar-refractivity contribution < 1.29 is 14.3 Å². The van der Waals surface area contributed by atoms with E-state index in [0.29, 0.717) is 5.69 Å². The summed E-state index contributed by atoms with van der Waals surface area (Å²) in [4.78, 5) is 13.0. The lowest BCUT2D eigenvalue weighted by molar-refractivity contribution is 0.0925. The first-order chi connectivity index (χ1) is 13.1. The number of methoxy groups -OCH3 is 2. The minimum absolute atomic E-state index is 0.0275. The SMILES string of the molecule is COc1ccc2c(c1)CCCC2NC(=O)c1cc2cc(OC)ccc2n1C. The number of aromatic nitrogens is 1. The Labute approximate surface area is 158 Å². The van der Waals surface area contributed by atoms with Crippen LogP contribution in [0, 0.1) is 0 Å². The normalized spacial score (nSPS) is 16.0. The molecule has 1 aromatic heterocycles. The number of ether oxygens (including phenoxy) is 2. The van der Waals surface area contributed by atoms with Gasteiger partial charge in [-0.25, -0.2) is 0 Å². The molecule has 1 aliphatic rings. The van der Waals surface area contributed by atoms with Gasteiger partial charge in [0.05, 0.1) is 20.3 Å². The average Bonchev–Trinajstić information content (AvgIpc) is 3.03. The number of nitrogens with zero attached hydrogens (tertiary/aromatic N) is 1. The fraction of sp³-hybridized carbons (Fsp3) is 0.318. The fourth-order valence-corrected chi connectivity index (χ4v) is 3.97. The molecule has 1 N–H and O–H groups in total. The zero-order valence-corrected chi connectivity index (χ0v) is 15.9. The van der Waals surface area contributed by atoms with Crippen molar-refractivity contribution >= 4 is 16.8 Å². The van der Waals surface area contributed by atoms with Crippen LogP contribution in [0.3, 0.4) is 0 Å². The van der Waals surface area contributed by atoms with Gasteiger partial charge in [-0.15, -0.1) is 0 Å². The van der Waals surface area contributed by atoms with E-state index in [2.05, 4.69) is 17.4 Å². The second-order valence-electron chi connectivity index (χ2n) is 7.00. The average molecular weight is 364 g/mol. The van der Waals surface area contributed by atoms with Crippen molar-refractivity contribution in [2.45, 2.75) is 25.3 Å². The van der Waals surface area contributed by atoms with Crippen LogP contribution in [-0.4, -0.2) is 24.7 Å². The molecular weight excluding hydrogens is 340 g/mol. The number of rotatable bonds is 4. The Hall–Kier alpha value is -2.95. The molecule has 0 spiro atoms. The van der Waals surface area contributed by atoms with E-state index >= 15 is 0 Å². The molecular formula is C22H24N2O3. The molecule has 0 radical (unpaired) electrons. The highest BCUT2D eigenvalue weighted by atomic mass is 16.5. The molecule has 1 atom stereocenters. The third-order valence-corrected chi connectivity index (χ3v) is 5.45. The monoisotopic (exact) mass is 364 g/mol. The number of hydrogen-bond donors (Lipinski definition) is 1. The van der Waals surface area contributed by atoms with Crippen molar-refractivity contribution in [3.63, 3.8) is 0 Å². The summed E-state index contributed by atoms with van der Waals surface area (Å²) in [5.41, 5.74) is 4.11. The van der Waals surface area contributed by atoms with Crippen LogP contribution in [0.25, 0.3) is 10.9 Å². The lowest BCUT2D eigenvalue weighted by Crippen LogP contribution is -2.32. The van der Waals surface area contributed by atoms with Crippen LogP contribution in [0.2, 0.25) is 0 Å². The van der Waals surface area contributed by atoms with Crippen molar-refractivity contribution in [2.24, 2.45) is 7.05 Å². The van der Waals surface area contributed by atoms with Gasteiger partial charge < -0.3 is 19.4 Å². The van der Waals surface area contributed by atoms with Gasteiger partial charge in [-0.3, -0.25) is 4.79 Å². The third kappa shape index (κ3) is 3.14. The second kappa shape index (κ2) is 6.99. The van der Waals surface area contributed by atoms with E-state index < -0.39 is 0 Å². The molecule has 1 amide bonds. The van der Waals surface area contributed by atoms with Gasteiger partial charge in [0, 0.05) is 18.0 Å². The Morgan fingerprint density at radius 2 is 1.81 bits per heavy atom. The number of nitrogens with one attached hydrogen (secondary N) is 1. The van der Waals surface area contributed by atoms with E-state index in [0.717, 1.165) is 41.7 Å². The van der Waals surface area contributed by atoms with Crippen LogP contribution in [0.15, 0.2) is 42.5 Å². The molecule has 5 nitrogen and oxygen atoms in total. The Balaban J connectivity index is 1.62. The summed E-state index contributed by atoms with van der Waals surface area (Å²) in [6.45, 7) is 0. The second-order valence-corrected chi connectivity index (χ2v) is 7.00. The number of amides is 1. The Kier molecular flexibility index (Phi) is 4.52. The van der Waals surface area contributed by atoms with Gasteiger partial charge in [0.15, 0.2) is 0 Å². The van der Waals surface area contributed by atoms with Gasteiger partial charge >= 0.3 is 0 Å². The minimum atomic E-state index is -0.0543. The van der Waals surface area contributed by atoms with Gasteiger partial charge in [-0.2, -0.15) is 0 Å². The number of aryl methyl sites for hydroxylation is 2. The highest BCUT2D eigenvalue weighted by Crippen LogP contribution is 2.32. The van der Waals surface area contributed by atoms with Crippen molar-refractivity contribution in [3.8, 4) is 11.5 Å². The number of benzene rings is 2. The zero-order valence-electron chi connectivity index (χ0n) is 15.9. The highest BCUT2D eigenvalue weighted by Gasteiger charge is 2.24. The Morgan fingerprint density at radius 3 is 2.59 bits per heavy atom. The fourth-order valence-electron chi connectivity index (χ4n) is 3.97. The predicted molar refractivity (Wildman–Crippen MR) is 106 cm³/mol. The minimum Gasteiger partial charge on any atom is -0.497 e. The predicted octanol–water partition coefficient (Wildman–Crippen LogP) is 4.00. The van der Waals surface area contributed by atoms with E-state index in [-0.39, 0.29) is 11.9 Å². The topological polar surface area (TPSA) is 52.5 Å². The van der Waals surface area contributed by atoms with Gasteiger partial charge in [-0.1, -0.05) is 6.07 Å². The van der Waals surface area contributed by atoms with Crippen LogP contribution < -0.4 is 14.8 Å². The van der Waals surface area contributed by atoms with Crippen LogP contribution in [0.4, 0.5) is 0 Å². The molecule has 3 aromatic rings. The molecule has 2 aromatic carbocycles. The van der Waals surface area contributed by atoms with E-state index in [1.165, 1.54) is 11.1 Å². The summed E-state index contributed by atoms with van der Waals surface area (Å²) in [5.74, 6) is 1.60. The molecule has 0 aliphatic heterocycles. The van der Waals surface area contributed by atoms with Gasteiger partial charge in [0.25, 0.3) is 5.91 Å². The number of fused-ring (bicyclic) bond motifs is 2. The molecule has 140 valence electrons. The van der Waals surface area contributed by atoms with E-state index in [4.69, 9.17) is 9.47 Å². The lowest BCUT2D eigenvalue weighted by atomic mass is 9.87. The Morgan fingerprint density at radius 1 is 1.07 bits per heavy atom. The largest absolute Gasteiger partial charge is 0.497 e. The molecule has 27 heavy (non-hydrogen) atoms. The number of carbonyl (C=O) groups excluding carboxylic acids is 1. The quantitative estimate of drug-likeness (QED) is 0.761. The van der Waals surface area contributed by atoms with Gasteiger partial charge in [-0.05, 0) is 66.8 Å². The molecule has 1 unspecified atom stereocenters. The maximum absolute atomic E-state index is 13.0. The smallest absolute Gasteiger partial charge is 0.268 e. The Bertz CT molecular complexity index is 1010. The molecule has 4 rings (SSSR count). The molecule has 0 fully saturated rings. The van der Waals surface area contributed by atoms with Crippen molar-refractivity contribution in [2.75, 3.05) is 14.2 Å². The van der Waals surface area contributed by atoms with Crippen LogP contribution in [0.1, 0.15) is 40.5 Å². The summed E-state index contributed by atoms with van der Waals surface area (Å²) in [6.07, 6.45) is 3.02. The van der Waals surface area contributed by atoms with Crippen LogP contribution >= 0.6 is 0 Å². The van der Waals surface area contributed by atoms with Gasteiger partial charge in [0.1, 0.15) is 17.2 Å². The lowest BCUT2D eigenvalue weighted by Gasteiger charge is -2.27. The highest BCUT2D eigenvalue weighted by molar-refractivity contribution is 5.99. The number of hydrogen-bond acceptors (Lipinski definition) is 3. The molecule has 1 heterocycles. The van der Waals surface area contributed by atoms with Crippen molar-refractivity contribution in [3.05, 3.63) is 59.3 Å². The zero-order chi connectivity index (χ0) is 19.0. The van der Waals surface area contributed by atoms with Crippen LogP contribution in [0.5, 0.6) is 11.5 Å². The van der Waals surface area contributed by atoms with Crippen molar-refractivity contribution in [1.82, 2.24) is 9.88 Å². The summed E-state index contributed by atoms with van der Waals surface area (Å²) in [7, 11) is 5.25. The third-order valence-electron chi connectivity index (χ3n) is 5.45. The standard InChI is InChI=1S/C22H24N2O3/c1-24-20-10-8-17(27-3)12-15(20)13-21(24)22(25)23-19-6-4-5-14-11-16(26-2)7-9-18(14)19/h7-13,19H,4-6H2,1-3H3,(H,23,25). The van der Waals surface area contributed by atoms with Crippen molar-refractivity contribution in [1.29, 1.82) is 0 Å². The van der Waals surface area contributed by atoms with E-state index in [1.807, 2.05) is 41.9 Å².